The summed E-state index contributed by atoms with van der Waals surface area (Å²) in [6, 6.07) is 1.27. The molecule has 0 saturated heterocycles. The Balaban J connectivity index is 2.92. The SMILES string of the molecule is CCC(CCBr)NS(=O)(=O)c1cc(Cl)sc1Cl. The molecule has 1 aromatic rings. The van der Waals surface area contributed by atoms with Crippen LogP contribution < -0.4 is 4.72 Å². The van der Waals surface area contributed by atoms with Gasteiger partial charge in [-0.25, -0.2) is 13.1 Å². The normalized spacial score (nSPS) is 13.9. The Hall–Kier alpha value is 0.670. The summed E-state index contributed by atoms with van der Waals surface area (Å²) < 4.78 is 27.3. The molecule has 1 atom stereocenters. The Bertz CT molecular complexity index is 475. The van der Waals surface area contributed by atoms with Crippen LogP contribution in [-0.4, -0.2) is 19.8 Å². The van der Waals surface area contributed by atoms with Crippen LogP contribution in [0.3, 0.4) is 0 Å². The van der Waals surface area contributed by atoms with Crippen LogP contribution in [0.25, 0.3) is 0 Å². The first kappa shape index (κ1) is 15.7. The lowest BCUT2D eigenvalue weighted by molar-refractivity contribution is 0.533. The highest BCUT2D eigenvalue weighted by molar-refractivity contribution is 9.09. The number of rotatable bonds is 6. The minimum Gasteiger partial charge on any atom is -0.208 e. The van der Waals surface area contributed by atoms with Gasteiger partial charge in [0.1, 0.15) is 9.23 Å². The molecule has 1 rings (SSSR count). The highest BCUT2D eigenvalue weighted by Crippen LogP contribution is 2.34. The van der Waals surface area contributed by atoms with Crippen LogP contribution in [0.2, 0.25) is 8.67 Å². The van der Waals surface area contributed by atoms with E-state index in [1.54, 1.807) is 0 Å². The highest BCUT2D eigenvalue weighted by Gasteiger charge is 2.23. The van der Waals surface area contributed by atoms with Crippen LogP contribution in [0, 0.1) is 0 Å². The summed E-state index contributed by atoms with van der Waals surface area (Å²) >= 11 is 15.9. The van der Waals surface area contributed by atoms with Crippen molar-refractivity contribution in [3.05, 3.63) is 14.7 Å². The zero-order chi connectivity index (χ0) is 13.1. The number of halogens is 3. The minimum atomic E-state index is -3.58. The molecule has 0 aromatic carbocycles. The monoisotopic (exact) mass is 379 g/mol. The quantitative estimate of drug-likeness (QED) is 0.760. The summed E-state index contributed by atoms with van der Waals surface area (Å²) in [6.07, 6.45) is 1.45. The molecule has 0 aliphatic carbocycles. The zero-order valence-electron chi connectivity index (χ0n) is 9.04. The molecule has 0 bridgehead atoms. The van der Waals surface area contributed by atoms with E-state index in [0.29, 0.717) is 4.34 Å². The molecule has 0 aliphatic heterocycles. The maximum absolute atomic E-state index is 12.0. The predicted octanol–water partition coefficient (Wildman–Crippen LogP) is 3.90. The van der Waals surface area contributed by atoms with E-state index in [2.05, 4.69) is 20.7 Å². The molecule has 0 amide bonds. The first-order valence-corrected chi connectivity index (χ1v) is 9.11. The molecular formula is C9H12BrCl2NO2S2. The standard InChI is InChI=1S/C9H12BrCl2NO2S2/c1-2-6(3-4-10)13-17(14,15)7-5-8(11)16-9(7)12/h5-6,13H,2-4H2,1H3. The van der Waals surface area contributed by atoms with Crippen molar-refractivity contribution in [3.8, 4) is 0 Å². The molecule has 17 heavy (non-hydrogen) atoms. The van der Waals surface area contributed by atoms with Crippen molar-refractivity contribution >= 4 is 60.5 Å². The van der Waals surface area contributed by atoms with Gasteiger partial charge in [-0.05, 0) is 18.9 Å². The highest BCUT2D eigenvalue weighted by atomic mass is 79.9. The first-order chi connectivity index (χ1) is 7.90. The molecule has 0 fully saturated rings. The molecular weight excluding hydrogens is 369 g/mol. The summed E-state index contributed by atoms with van der Waals surface area (Å²) in [5.74, 6) is 0. The van der Waals surface area contributed by atoms with E-state index in [0.717, 1.165) is 29.5 Å². The maximum Gasteiger partial charge on any atom is 0.243 e. The Kier molecular flexibility index (Phi) is 6.22. The molecule has 0 spiro atoms. The lowest BCUT2D eigenvalue weighted by Gasteiger charge is -2.15. The number of hydrogen-bond acceptors (Lipinski definition) is 3. The van der Waals surface area contributed by atoms with Crippen LogP contribution >= 0.6 is 50.5 Å². The number of sulfonamides is 1. The second-order valence-corrected chi connectivity index (χ2v) is 8.15. The van der Waals surface area contributed by atoms with Gasteiger partial charge in [0, 0.05) is 11.4 Å². The van der Waals surface area contributed by atoms with E-state index in [1.165, 1.54) is 6.07 Å². The summed E-state index contributed by atoms with van der Waals surface area (Å²) in [6.45, 7) is 1.93. The molecule has 8 heteroatoms. The van der Waals surface area contributed by atoms with Gasteiger partial charge >= 0.3 is 0 Å². The van der Waals surface area contributed by atoms with Gasteiger partial charge in [-0.2, -0.15) is 0 Å². The van der Waals surface area contributed by atoms with Gasteiger partial charge in [0.25, 0.3) is 0 Å². The van der Waals surface area contributed by atoms with E-state index in [1.807, 2.05) is 6.92 Å². The Labute approximate surface area is 124 Å². The van der Waals surface area contributed by atoms with Crippen LogP contribution in [0.15, 0.2) is 11.0 Å². The average molecular weight is 381 g/mol. The van der Waals surface area contributed by atoms with E-state index in [-0.39, 0.29) is 15.3 Å². The van der Waals surface area contributed by atoms with Gasteiger partial charge in [-0.1, -0.05) is 46.1 Å². The molecule has 0 saturated carbocycles. The number of hydrogen-bond donors (Lipinski definition) is 1. The number of nitrogens with one attached hydrogen (secondary N) is 1. The van der Waals surface area contributed by atoms with Crippen molar-refractivity contribution in [3.63, 3.8) is 0 Å². The maximum atomic E-state index is 12.0. The molecule has 98 valence electrons. The molecule has 0 radical (unpaired) electrons. The Morgan fingerprint density at radius 3 is 2.59 bits per heavy atom. The van der Waals surface area contributed by atoms with Crippen LogP contribution in [0.5, 0.6) is 0 Å². The molecule has 0 aliphatic rings. The van der Waals surface area contributed by atoms with Crippen LogP contribution in [0.4, 0.5) is 0 Å². The van der Waals surface area contributed by atoms with Crippen molar-refractivity contribution < 1.29 is 8.42 Å². The van der Waals surface area contributed by atoms with Gasteiger partial charge in [0.15, 0.2) is 0 Å². The van der Waals surface area contributed by atoms with Crippen LogP contribution in [-0.2, 0) is 10.0 Å². The fourth-order valence-corrected chi connectivity index (χ4v) is 5.33. The van der Waals surface area contributed by atoms with Gasteiger partial charge in [-0.3, -0.25) is 0 Å². The average Bonchev–Trinajstić information content (AvgIpc) is 2.57. The van der Waals surface area contributed by atoms with E-state index in [4.69, 9.17) is 23.2 Å². The summed E-state index contributed by atoms with van der Waals surface area (Å²) in [5.41, 5.74) is 0. The molecule has 1 aromatic heterocycles. The van der Waals surface area contributed by atoms with Crippen molar-refractivity contribution in [2.75, 3.05) is 5.33 Å². The Morgan fingerprint density at radius 2 is 2.18 bits per heavy atom. The zero-order valence-corrected chi connectivity index (χ0v) is 13.8. The third-order valence-electron chi connectivity index (χ3n) is 2.19. The van der Waals surface area contributed by atoms with Crippen molar-refractivity contribution in [2.45, 2.75) is 30.7 Å². The second kappa shape index (κ2) is 6.73. The molecule has 1 heterocycles. The third kappa shape index (κ3) is 4.36. The lowest BCUT2D eigenvalue weighted by Crippen LogP contribution is -2.34. The Morgan fingerprint density at radius 1 is 1.53 bits per heavy atom. The van der Waals surface area contributed by atoms with Crippen molar-refractivity contribution in [2.24, 2.45) is 0 Å². The van der Waals surface area contributed by atoms with Crippen molar-refractivity contribution in [1.82, 2.24) is 4.72 Å². The fourth-order valence-electron chi connectivity index (χ4n) is 1.27. The van der Waals surface area contributed by atoms with Crippen LogP contribution in [0.1, 0.15) is 19.8 Å². The van der Waals surface area contributed by atoms with Gasteiger partial charge in [-0.15, -0.1) is 11.3 Å². The summed E-state index contributed by atoms with van der Waals surface area (Å²) in [7, 11) is -3.58. The van der Waals surface area contributed by atoms with E-state index in [9.17, 15) is 8.42 Å². The molecule has 1 unspecified atom stereocenters. The lowest BCUT2D eigenvalue weighted by atomic mass is 10.2. The first-order valence-electron chi connectivity index (χ1n) is 4.93. The van der Waals surface area contributed by atoms with E-state index >= 15 is 0 Å². The fraction of sp³-hybridized carbons (Fsp3) is 0.556. The topological polar surface area (TPSA) is 46.2 Å². The van der Waals surface area contributed by atoms with Crippen molar-refractivity contribution in [1.29, 1.82) is 0 Å². The third-order valence-corrected chi connectivity index (χ3v) is 5.92. The second-order valence-electron chi connectivity index (χ2n) is 3.39. The van der Waals surface area contributed by atoms with Gasteiger partial charge in [0.05, 0.1) is 4.34 Å². The number of thiophene rings is 1. The largest absolute Gasteiger partial charge is 0.243 e. The predicted molar refractivity (Wildman–Crippen MR) is 77.2 cm³/mol. The van der Waals surface area contributed by atoms with Gasteiger partial charge < -0.3 is 0 Å². The van der Waals surface area contributed by atoms with E-state index < -0.39 is 10.0 Å². The number of alkyl halides is 1. The summed E-state index contributed by atoms with van der Waals surface area (Å²) in [5, 5.41) is 0.742. The molecule has 3 nitrogen and oxygen atoms in total. The summed E-state index contributed by atoms with van der Waals surface area (Å²) in [4.78, 5) is 0.0576. The molecule has 1 N–H and O–H groups in total. The minimum absolute atomic E-state index is 0.0576. The smallest absolute Gasteiger partial charge is 0.208 e. The van der Waals surface area contributed by atoms with Gasteiger partial charge in [0.2, 0.25) is 10.0 Å².